The van der Waals surface area contributed by atoms with E-state index in [0.29, 0.717) is 5.56 Å². The maximum Gasteiger partial charge on any atom is 0.142 e. The summed E-state index contributed by atoms with van der Waals surface area (Å²) in [4.78, 5) is 4.46. The van der Waals surface area contributed by atoms with Gasteiger partial charge in [-0.3, -0.25) is 0 Å². The molecular weight excluding hydrogens is 306 g/mol. The maximum atomic E-state index is 9.49. The quantitative estimate of drug-likeness (QED) is 0.563. The van der Waals surface area contributed by atoms with E-state index in [0.717, 1.165) is 27.8 Å². The molecule has 2 N–H and O–H groups in total. The van der Waals surface area contributed by atoms with E-state index < -0.39 is 0 Å². The molecule has 0 amide bonds. The lowest BCUT2D eigenvalue weighted by Gasteiger charge is -2.11. The fourth-order valence-corrected chi connectivity index (χ4v) is 3.02. The average molecular weight is 321 g/mol. The summed E-state index contributed by atoms with van der Waals surface area (Å²) < 4.78 is 0. The Kier molecular flexibility index (Phi) is 3.64. The summed E-state index contributed by atoms with van der Waals surface area (Å²) in [5.74, 6) is 0.256. The Hall–Kier alpha value is -3.64. The van der Waals surface area contributed by atoms with Crippen molar-refractivity contribution in [2.75, 3.05) is 5.73 Å². The predicted molar refractivity (Wildman–Crippen MR) is 102 cm³/mol. The SMILES string of the molecule is N#Cc1c(-c2ccccc2)cc(-c2ccc3ccccc3c2)nc1N. The first kappa shape index (κ1) is 14.9. The number of fused-ring (bicyclic) bond motifs is 1. The van der Waals surface area contributed by atoms with Crippen LogP contribution in [0.3, 0.4) is 0 Å². The first-order valence-corrected chi connectivity index (χ1v) is 8.01. The molecule has 4 aromatic rings. The third kappa shape index (κ3) is 2.71. The van der Waals surface area contributed by atoms with Crippen molar-refractivity contribution in [2.24, 2.45) is 0 Å². The van der Waals surface area contributed by atoms with Gasteiger partial charge in [0.15, 0.2) is 0 Å². The van der Waals surface area contributed by atoms with Gasteiger partial charge in [-0.15, -0.1) is 0 Å². The molecule has 0 spiro atoms. The van der Waals surface area contributed by atoms with E-state index in [1.165, 1.54) is 5.39 Å². The minimum absolute atomic E-state index is 0.256. The zero-order valence-electron chi connectivity index (χ0n) is 13.5. The van der Waals surface area contributed by atoms with Gasteiger partial charge in [0, 0.05) is 11.1 Å². The number of hydrogen-bond acceptors (Lipinski definition) is 3. The summed E-state index contributed by atoms with van der Waals surface area (Å²) in [6.07, 6.45) is 0. The summed E-state index contributed by atoms with van der Waals surface area (Å²) in [5, 5.41) is 11.8. The summed E-state index contributed by atoms with van der Waals surface area (Å²) in [6, 6.07) is 28.3. The van der Waals surface area contributed by atoms with Gasteiger partial charge in [-0.2, -0.15) is 5.26 Å². The number of nitrogen functional groups attached to an aromatic ring is 1. The Morgan fingerprint density at radius 3 is 2.24 bits per heavy atom. The summed E-state index contributed by atoms with van der Waals surface area (Å²) in [7, 11) is 0. The molecule has 0 unspecified atom stereocenters. The highest BCUT2D eigenvalue weighted by molar-refractivity contribution is 5.88. The van der Waals surface area contributed by atoms with Crippen molar-refractivity contribution in [3.05, 3.63) is 84.4 Å². The highest BCUT2D eigenvalue weighted by Crippen LogP contribution is 2.32. The largest absolute Gasteiger partial charge is 0.383 e. The molecule has 0 aliphatic carbocycles. The molecular formula is C22H15N3. The second kappa shape index (κ2) is 6.10. The Labute approximate surface area is 146 Å². The van der Waals surface area contributed by atoms with Gasteiger partial charge < -0.3 is 5.73 Å². The highest BCUT2D eigenvalue weighted by atomic mass is 14.8. The van der Waals surface area contributed by atoms with Crippen molar-refractivity contribution in [1.82, 2.24) is 4.98 Å². The molecule has 0 aliphatic heterocycles. The van der Waals surface area contributed by atoms with Crippen molar-refractivity contribution in [3.8, 4) is 28.5 Å². The van der Waals surface area contributed by atoms with Gasteiger partial charge >= 0.3 is 0 Å². The van der Waals surface area contributed by atoms with Crippen LogP contribution < -0.4 is 5.73 Å². The number of aromatic nitrogens is 1. The number of anilines is 1. The number of hydrogen-bond donors (Lipinski definition) is 1. The third-order valence-corrected chi connectivity index (χ3v) is 4.29. The van der Waals surface area contributed by atoms with Crippen molar-refractivity contribution >= 4 is 16.6 Å². The normalized spacial score (nSPS) is 10.5. The monoisotopic (exact) mass is 321 g/mol. The average Bonchev–Trinajstić information content (AvgIpc) is 2.67. The van der Waals surface area contributed by atoms with Crippen LogP contribution in [0.4, 0.5) is 5.82 Å². The third-order valence-electron chi connectivity index (χ3n) is 4.29. The molecule has 0 fully saturated rings. The lowest BCUT2D eigenvalue weighted by Crippen LogP contribution is -1.99. The van der Waals surface area contributed by atoms with Crippen LogP contribution in [0.15, 0.2) is 78.9 Å². The van der Waals surface area contributed by atoms with Gasteiger partial charge in [0.2, 0.25) is 0 Å². The van der Waals surface area contributed by atoms with Gasteiger partial charge in [-0.05, 0) is 28.5 Å². The second-order valence-corrected chi connectivity index (χ2v) is 5.86. The van der Waals surface area contributed by atoms with Gasteiger partial charge in [0.05, 0.1) is 5.69 Å². The van der Waals surface area contributed by atoms with E-state index in [9.17, 15) is 5.26 Å². The second-order valence-electron chi connectivity index (χ2n) is 5.86. The molecule has 3 heteroatoms. The predicted octanol–water partition coefficient (Wildman–Crippen LogP) is 5.02. The fourth-order valence-electron chi connectivity index (χ4n) is 3.02. The molecule has 0 bridgehead atoms. The molecule has 4 rings (SSSR count). The summed E-state index contributed by atoms with van der Waals surface area (Å²) in [5.41, 5.74) is 10.0. The Bertz CT molecular complexity index is 1110. The molecule has 0 radical (unpaired) electrons. The molecule has 25 heavy (non-hydrogen) atoms. The van der Waals surface area contributed by atoms with Crippen LogP contribution in [0.25, 0.3) is 33.2 Å². The smallest absolute Gasteiger partial charge is 0.142 e. The van der Waals surface area contributed by atoms with E-state index in [4.69, 9.17) is 5.73 Å². The van der Waals surface area contributed by atoms with Crippen LogP contribution in [0.2, 0.25) is 0 Å². The number of pyridine rings is 1. The van der Waals surface area contributed by atoms with E-state index in [1.54, 1.807) is 0 Å². The number of benzene rings is 3. The highest BCUT2D eigenvalue weighted by Gasteiger charge is 2.13. The number of nitriles is 1. The van der Waals surface area contributed by atoms with E-state index >= 15 is 0 Å². The fraction of sp³-hybridized carbons (Fsp3) is 0. The van der Waals surface area contributed by atoms with Crippen LogP contribution in [-0.2, 0) is 0 Å². The van der Waals surface area contributed by atoms with Gasteiger partial charge in [0.25, 0.3) is 0 Å². The molecule has 0 atom stereocenters. The van der Waals surface area contributed by atoms with Gasteiger partial charge in [-0.1, -0.05) is 66.7 Å². The van der Waals surface area contributed by atoms with Crippen molar-refractivity contribution in [3.63, 3.8) is 0 Å². The summed E-state index contributed by atoms with van der Waals surface area (Å²) in [6.45, 7) is 0. The van der Waals surface area contributed by atoms with Crippen LogP contribution in [-0.4, -0.2) is 4.98 Å². The lowest BCUT2D eigenvalue weighted by atomic mass is 9.97. The maximum absolute atomic E-state index is 9.49. The molecule has 1 heterocycles. The number of nitrogens with zero attached hydrogens (tertiary/aromatic N) is 2. The first-order chi connectivity index (χ1) is 12.3. The van der Waals surface area contributed by atoms with Crippen LogP contribution in [0.1, 0.15) is 5.56 Å². The van der Waals surface area contributed by atoms with E-state index in [2.05, 4.69) is 35.3 Å². The molecule has 0 aliphatic rings. The zero-order chi connectivity index (χ0) is 17.2. The zero-order valence-corrected chi connectivity index (χ0v) is 13.5. The van der Waals surface area contributed by atoms with Gasteiger partial charge in [0.1, 0.15) is 17.5 Å². The molecule has 3 nitrogen and oxygen atoms in total. The Morgan fingerprint density at radius 2 is 1.48 bits per heavy atom. The standard InChI is InChI=1S/C22H15N3/c23-14-20-19(16-7-2-1-3-8-16)13-21(25-22(20)24)18-11-10-15-6-4-5-9-17(15)12-18/h1-13H,(H2,24,25). The van der Waals surface area contributed by atoms with Gasteiger partial charge in [-0.25, -0.2) is 4.98 Å². The molecule has 118 valence electrons. The number of nitrogens with two attached hydrogens (primary N) is 1. The Balaban J connectivity index is 1.93. The summed E-state index contributed by atoms with van der Waals surface area (Å²) >= 11 is 0. The van der Waals surface area contributed by atoms with E-state index in [1.807, 2.05) is 54.6 Å². The minimum atomic E-state index is 0.256. The van der Waals surface area contributed by atoms with Crippen molar-refractivity contribution < 1.29 is 0 Å². The number of rotatable bonds is 2. The molecule has 0 saturated heterocycles. The first-order valence-electron chi connectivity index (χ1n) is 8.01. The van der Waals surface area contributed by atoms with Crippen LogP contribution >= 0.6 is 0 Å². The van der Waals surface area contributed by atoms with Crippen LogP contribution in [0, 0.1) is 11.3 Å². The molecule has 3 aromatic carbocycles. The molecule has 0 saturated carbocycles. The van der Waals surface area contributed by atoms with Crippen molar-refractivity contribution in [2.45, 2.75) is 0 Å². The molecule has 1 aromatic heterocycles. The van der Waals surface area contributed by atoms with Crippen molar-refractivity contribution in [1.29, 1.82) is 5.26 Å². The van der Waals surface area contributed by atoms with Crippen LogP contribution in [0.5, 0.6) is 0 Å². The van der Waals surface area contributed by atoms with E-state index in [-0.39, 0.29) is 5.82 Å². The topological polar surface area (TPSA) is 62.7 Å². The Morgan fingerprint density at radius 1 is 0.760 bits per heavy atom. The lowest BCUT2D eigenvalue weighted by molar-refractivity contribution is 1.31. The minimum Gasteiger partial charge on any atom is -0.383 e.